The second kappa shape index (κ2) is 7.56. The van der Waals surface area contributed by atoms with Crippen molar-refractivity contribution >= 4 is 58.3 Å². The topological polar surface area (TPSA) is 87.9 Å². The summed E-state index contributed by atoms with van der Waals surface area (Å²) < 4.78 is 5.62. The number of benzene rings is 2. The summed E-state index contributed by atoms with van der Waals surface area (Å²) in [4.78, 5) is 52.4. The molecule has 0 aliphatic carbocycles. The molecule has 7 heteroatoms. The van der Waals surface area contributed by atoms with Gasteiger partial charge in [-0.1, -0.05) is 36.4 Å². The predicted octanol–water partition coefficient (Wildman–Crippen LogP) is 4.15. The van der Waals surface area contributed by atoms with E-state index in [0.29, 0.717) is 45.0 Å². The second-order valence-electron chi connectivity index (χ2n) is 7.71. The Morgan fingerprint density at radius 1 is 0.727 bits per heavy atom. The van der Waals surface area contributed by atoms with E-state index in [-0.39, 0.29) is 11.8 Å². The minimum absolute atomic E-state index is 0.318. The van der Waals surface area contributed by atoms with Gasteiger partial charge in [0.15, 0.2) is 0 Å². The lowest BCUT2D eigenvalue weighted by molar-refractivity contribution is -0.123. The van der Waals surface area contributed by atoms with E-state index >= 15 is 0 Å². The molecule has 162 valence electrons. The molecule has 4 amide bonds. The lowest BCUT2D eigenvalue weighted by atomic mass is 10.0. The molecule has 0 bridgehead atoms. The highest BCUT2D eigenvalue weighted by atomic mass is 16.3. The summed E-state index contributed by atoms with van der Waals surface area (Å²) in [7, 11) is 0. The fourth-order valence-corrected chi connectivity index (χ4v) is 4.24. The third-order valence-electron chi connectivity index (χ3n) is 5.67. The minimum atomic E-state index is -0.441. The Morgan fingerprint density at radius 2 is 1.21 bits per heavy atom. The van der Waals surface area contributed by atoms with E-state index in [0.717, 1.165) is 9.80 Å². The van der Waals surface area contributed by atoms with Crippen molar-refractivity contribution in [3.63, 3.8) is 0 Å². The first kappa shape index (κ1) is 20.4. The second-order valence-corrected chi connectivity index (χ2v) is 7.71. The number of anilines is 2. The van der Waals surface area contributed by atoms with Crippen LogP contribution in [0.15, 0.2) is 65.3 Å². The van der Waals surface area contributed by atoms with Crippen LogP contribution in [0.4, 0.5) is 11.4 Å². The Balaban J connectivity index is 1.61. The van der Waals surface area contributed by atoms with Crippen LogP contribution in [-0.2, 0) is 19.2 Å². The maximum absolute atomic E-state index is 13.0. The van der Waals surface area contributed by atoms with Crippen molar-refractivity contribution in [1.29, 1.82) is 0 Å². The smallest absolute Gasteiger partial charge is 0.265 e. The summed E-state index contributed by atoms with van der Waals surface area (Å²) in [6, 6.07) is 15.8. The number of hydrogen-bond donors (Lipinski definition) is 0. The lowest BCUT2D eigenvalue weighted by Gasteiger charge is -2.11. The Hall–Kier alpha value is -4.52. The van der Waals surface area contributed by atoms with Gasteiger partial charge in [-0.15, -0.1) is 0 Å². The van der Waals surface area contributed by atoms with Gasteiger partial charge >= 0.3 is 0 Å². The number of amides is 4. The number of hydrogen-bond acceptors (Lipinski definition) is 5. The molecule has 33 heavy (non-hydrogen) atoms. The van der Waals surface area contributed by atoms with Crippen LogP contribution in [0, 0.1) is 0 Å². The average Bonchev–Trinajstić information content (AvgIpc) is 3.42. The van der Waals surface area contributed by atoms with Crippen LogP contribution in [0.2, 0.25) is 0 Å². The van der Waals surface area contributed by atoms with E-state index in [1.165, 1.54) is 20.1 Å². The van der Waals surface area contributed by atoms with Gasteiger partial charge in [0.2, 0.25) is 11.8 Å². The molecule has 0 radical (unpaired) electrons. The molecular formula is C26H18N2O5. The van der Waals surface area contributed by atoms with E-state index in [4.69, 9.17) is 4.42 Å². The maximum Gasteiger partial charge on any atom is 0.265 e. The molecule has 3 heterocycles. The monoisotopic (exact) mass is 438 g/mol. The quantitative estimate of drug-likeness (QED) is 0.561. The van der Waals surface area contributed by atoms with Crippen molar-refractivity contribution in [2.24, 2.45) is 0 Å². The van der Waals surface area contributed by atoms with Gasteiger partial charge < -0.3 is 4.42 Å². The standard InChI is InChI=1S/C26H18N2O5/c1-15(29)27-22-9-5-3-7-18(22)20(25(27)31)13-17-11-12-33-24(17)14-21-19-8-4-6-10-23(19)28(16(2)30)26(21)32/h3-14H,1-2H3/b20-13+,21-14+. The van der Waals surface area contributed by atoms with Gasteiger partial charge in [-0.25, -0.2) is 9.80 Å². The molecule has 2 aromatic carbocycles. The summed E-state index contributed by atoms with van der Waals surface area (Å²) in [6.07, 6.45) is 4.68. The molecule has 0 N–H and O–H groups in total. The first-order valence-electron chi connectivity index (χ1n) is 10.3. The van der Waals surface area contributed by atoms with Crippen molar-refractivity contribution in [3.05, 3.63) is 83.3 Å². The van der Waals surface area contributed by atoms with Gasteiger partial charge in [0.25, 0.3) is 11.8 Å². The third kappa shape index (κ3) is 3.13. The fourth-order valence-electron chi connectivity index (χ4n) is 4.24. The first-order valence-corrected chi connectivity index (χ1v) is 10.3. The molecule has 0 atom stereocenters. The molecule has 0 saturated heterocycles. The van der Waals surface area contributed by atoms with Crippen LogP contribution in [0.3, 0.4) is 0 Å². The zero-order valence-corrected chi connectivity index (χ0v) is 17.9. The fraction of sp³-hybridized carbons (Fsp3) is 0.0769. The van der Waals surface area contributed by atoms with E-state index in [1.807, 2.05) is 0 Å². The van der Waals surface area contributed by atoms with Crippen molar-refractivity contribution in [1.82, 2.24) is 0 Å². The Labute approximate surface area is 189 Å². The molecule has 2 aliphatic rings. The highest BCUT2D eigenvalue weighted by molar-refractivity contribution is 6.43. The third-order valence-corrected chi connectivity index (χ3v) is 5.67. The maximum atomic E-state index is 13.0. The zero-order chi connectivity index (χ0) is 23.3. The number of furan rings is 1. The van der Waals surface area contributed by atoms with Crippen molar-refractivity contribution in [2.45, 2.75) is 13.8 Å². The summed E-state index contributed by atoms with van der Waals surface area (Å²) in [6.45, 7) is 2.68. The molecule has 0 fully saturated rings. The van der Waals surface area contributed by atoms with E-state index in [1.54, 1.807) is 66.7 Å². The zero-order valence-electron chi connectivity index (χ0n) is 17.9. The highest BCUT2D eigenvalue weighted by Gasteiger charge is 2.36. The summed E-state index contributed by atoms with van der Waals surface area (Å²) in [5.41, 5.74) is 3.55. The number of imide groups is 2. The van der Waals surface area contributed by atoms with Gasteiger partial charge in [-0.2, -0.15) is 0 Å². The van der Waals surface area contributed by atoms with E-state index in [9.17, 15) is 19.2 Å². The number of carbonyl (C=O) groups is 4. The minimum Gasteiger partial charge on any atom is -0.464 e. The highest BCUT2D eigenvalue weighted by Crippen LogP contribution is 2.40. The van der Waals surface area contributed by atoms with Gasteiger partial charge in [-0.05, 0) is 30.4 Å². The molecule has 1 aromatic heterocycles. The number of rotatable bonds is 2. The largest absolute Gasteiger partial charge is 0.464 e. The van der Waals surface area contributed by atoms with Crippen LogP contribution in [0.1, 0.15) is 36.3 Å². The Kier molecular flexibility index (Phi) is 4.67. The lowest BCUT2D eigenvalue weighted by Crippen LogP contribution is -2.31. The summed E-state index contributed by atoms with van der Waals surface area (Å²) in [5.74, 6) is -1.26. The molecule has 2 aliphatic heterocycles. The number of fused-ring (bicyclic) bond motifs is 2. The van der Waals surface area contributed by atoms with Gasteiger partial charge in [-0.3, -0.25) is 19.2 Å². The molecular weight excluding hydrogens is 420 g/mol. The van der Waals surface area contributed by atoms with Crippen molar-refractivity contribution in [2.75, 3.05) is 9.80 Å². The number of carbonyl (C=O) groups excluding carboxylic acids is 4. The Morgan fingerprint density at radius 3 is 1.73 bits per heavy atom. The number of para-hydroxylation sites is 2. The van der Waals surface area contributed by atoms with E-state index in [2.05, 4.69) is 0 Å². The van der Waals surface area contributed by atoms with Crippen LogP contribution in [0.5, 0.6) is 0 Å². The number of nitrogens with zero attached hydrogens (tertiary/aromatic N) is 2. The van der Waals surface area contributed by atoms with Crippen molar-refractivity contribution in [3.8, 4) is 0 Å². The normalized spacial score (nSPS) is 17.2. The van der Waals surface area contributed by atoms with Gasteiger partial charge in [0, 0.05) is 30.5 Å². The summed E-state index contributed by atoms with van der Waals surface area (Å²) in [5, 5.41) is 0. The van der Waals surface area contributed by atoms with Crippen LogP contribution in [-0.4, -0.2) is 23.6 Å². The van der Waals surface area contributed by atoms with Gasteiger partial charge in [0.1, 0.15) is 5.76 Å². The first-order chi connectivity index (χ1) is 15.9. The molecule has 3 aromatic rings. The average molecular weight is 438 g/mol. The SMILES string of the molecule is CC(=O)N1C(=O)/C(=C/c2ccoc2/C=C2/C(=O)N(C(C)=O)c3ccccc32)c2ccccc21. The molecule has 5 rings (SSSR count). The predicted molar refractivity (Wildman–Crippen MR) is 124 cm³/mol. The molecule has 0 spiro atoms. The van der Waals surface area contributed by atoms with Crippen LogP contribution >= 0.6 is 0 Å². The van der Waals surface area contributed by atoms with E-state index < -0.39 is 11.8 Å². The summed E-state index contributed by atoms with van der Waals surface area (Å²) >= 11 is 0. The Bertz CT molecular complexity index is 1320. The molecule has 0 unspecified atom stereocenters. The van der Waals surface area contributed by atoms with Crippen molar-refractivity contribution < 1.29 is 23.6 Å². The molecule has 0 saturated carbocycles. The molecule has 7 nitrogen and oxygen atoms in total. The van der Waals surface area contributed by atoms with Crippen LogP contribution < -0.4 is 9.80 Å². The van der Waals surface area contributed by atoms with Gasteiger partial charge in [0.05, 0.1) is 28.8 Å². The van der Waals surface area contributed by atoms with Crippen LogP contribution in [0.25, 0.3) is 23.3 Å².